The quantitative estimate of drug-likeness (QED) is 0.365. The largest absolute Gasteiger partial charge is 0.416 e. The van der Waals surface area contributed by atoms with Gasteiger partial charge in [0.15, 0.2) is 0 Å². The SMILES string of the molecule is Nc1nccn2c([C@@H]3CCCN(C4C=N4)C3)nc(-c3ccc(C(=O)Nc4cc(C(F)(F)F)ccn4)cc3F)c12. The lowest BCUT2D eigenvalue weighted by molar-refractivity contribution is -0.137. The number of carbonyl (C=O) groups excluding carboxylic acids is 1. The van der Waals surface area contributed by atoms with Crippen LogP contribution in [0, 0.1) is 5.82 Å². The molecule has 1 saturated heterocycles. The van der Waals surface area contributed by atoms with E-state index in [1.54, 1.807) is 12.4 Å². The molecule has 4 aromatic rings. The van der Waals surface area contributed by atoms with Crippen LogP contribution in [0.4, 0.5) is 29.2 Å². The number of anilines is 2. The Morgan fingerprint density at radius 2 is 1.95 bits per heavy atom. The standard InChI is InChI=1S/C26H22F4N8O/c27-18-10-14(25(39)35-19-11-16(5-6-32-19)26(28,29)30)3-4-17(18)21-22-23(31)33-7-9-38(22)24(36-21)15-2-1-8-37(13-15)20-12-34-20/h3-7,9-12,15,20H,1-2,8,13H2,(H2,31,33)(H,32,35,39)/t15-,20?/m1/s1. The molecule has 6 rings (SSSR count). The maximum Gasteiger partial charge on any atom is 0.416 e. The topological polar surface area (TPSA) is 114 Å². The molecule has 13 heteroatoms. The van der Waals surface area contributed by atoms with Gasteiger partial charge in [0, 0.05) is 54.9 Å². The van der Waals surface area contributed by atoms with E-state index < -0.39 is 23.5 Å². The second-order valence-corrected chi connectivity index (χ2v) is 9.47. The van der Waals surface area contributed by atoms with Gasteiger partial charge in [-0.25, -0.2) is 19.3 Å². The van der Waals surface area contributed by atoms with Crippen LogP contribution in [0.15, 0.2) is 53.9 Å². The van der Waals surface area contributed by atoms with E-state index in [9.17, 15) is 18.0 Å². The Kier molecular flexibility index (Phi) is 6.02. The summed E-state index contributed by atoms with van der Waals surface area (Å²) >= 11 is 0. The number of aromatic nitrogens is 4. The molecule has 1 aromatic carbocycles. The lowest BCUT2D eigenvalue weighted by atomic mass is 9.97. The summed E-state index contributed by atoms with van der Waals surface area (Å²) in [5.74, 6) is -0.878. The summed E-state index contributed by atoms with van der Waals surface area (Å²) in [5.41, 5.74) is 6.00. The molecule has 2 atom stereocenters. The highest BCUT2D eigenvalue weighted by Gasteiger charge is 2.33. The van der Waals surface area contributed by atoms with E-state index >= 15 is 4.39 Å². The zero-order valence-corrected chi connectivity index (χ0v) is 20.4. The third-order valence-corrected chi connectivity index (χ3v) is 6.90. The smallest absolute Gasteiger partial charge is 0.382 e. The number of fused-ring (bicyclic) bond motifs is 1. The Morgan fingerprint density at radius 3 is 2.69 bits per heavy atom. The summed E-state index contributed by atoms with van der Waals surface area (Å²) < 4.78 is 56.3. The van der Waals surface area contributed by atoms with Crippen molar-refractivity contribution in [3.05, 3.63) is 71.7 Å². The van der Waals surface area contributed by atoms with Gasteiger partial charge in [0.25, 0.3) is 5.91 Å². The number of hydrogen-bond donors (Lipinski definition) is 2. The molecule has 9 nitrogen and oxygen atoms in total. The van der Waals surface area contributed by atoms with Crippen LogP contribution >= 0.6 is 0 Å². The summed E-state index contributed by atoms with van der Waals surface area (Å²) in [5, 5.41) is 2.28. The lowest BCUT2D eigenvalue weighted by Gasteiger charge is -2.31. The molecule has 0 saturated carbocycles. The number of aliphatic imine (C=N–C) groups is 1. The normalized spacial score (nSPS) is 19.4. The van der Waals surface area contributed by atoms with E-state index in [2.05, 4.69) is 25.2 Å². The van der Waals surface area contributed by atoms with Gasteiger partial charge in [0.2, 0.25) is 0 Å². The average Bonchev–Trinajstić information content (AvgIpc) is 3.69. The summed E-state index contributed by atoms with van der Waals surface area (Å²) in [6.07, 6.45) is 3.54. The van der Waals surface area contributed by atoms with Crippen molar-refractivity contribution in [1.29, 1.82) is 0 Å². The van der Waals surface area contributed by atoms with Gasteiger partial charge < -0.3 is 11.1 Å². The van der Waals surface area contributed by atoms with E-state index in [1.165, 1.54) is 12.1 Å². The number of nitrogens with zero attached hydrogens (tertiary/aromatic N) is 6. The Bertz CT molecular complexity index is 1610. The third-order valence-electron chi connectivity index (χ3n) is 6.90. The number of piperidine rings is 1. The number of likely N-dealkylation sites (tertiary alicyclic amines) is 1. The van der Waals surface area contributed by atoms with Crippen molar-refractivity contribution in [1.82, 2.24) is 24.3 Å². The molecule has 3 aromatic heterocycles. The first-order valence-electron chi connectivity index (χ1n) is 12.2. The molecular weight excluding hydrogens is 516 g/mol. The fourth-order valence-electron chi connectivity index (χ4n) is 4.96. The van der Waals surface area contributed by atoms with Crippen LogP contribution in [0.25, 0.3) is 16.8 Å². The highest BCUT2D eigenvalue weighted by Crippen LogP contribution is 2.36. The summed E-state index contributed by atoms with van der Waals surface area (Å²) in [7, 11) is 0. The first-order chi connectivity index (χ1) is 18.7. The predicted molar refractivity (Wildman–Crippen MR) is 136 cm³/mol. The Labute approximate surface area is 219 Å². The zero-order chi connectivity index (χ0) is 27.3. The van der Waals surface area contributed by atoms with Gasteiger partial charge in [-0.05, 0) is 43.2 Å². The van der Waals surface area contributed by atoms with Gasteiger partial charge in [-0.3, -0.25) is 19.1 Å². The Morgan fingerprint density at radius 1 is 1.13 bits per heavy atom. The molecule has 0 spiro atoms. The minimum Gasteiger partial charge on any atom is -0.382 e. The summed E-state index contributed by atoms with van der Waals surface area (Å²) in [6, 6.07) is 5.26. The van der Waals surface area contributed by atoms with Crippen molar-refractivity contribution in [2.24, 2.45) is 4.99 Å². The number of nitrogen functional groups attached to an aromatic ring is 1. The number of alkyl halides is 3. The molecule has 1 fully saturated rings. The number of nitrogens with one attached hydrogen (secondary N) is 1. The molecule has 2 aliphatic rings. The van der Waals surface area contributed by atoms with E-state index in [4.69, 9.17) is 10.7 Å². The van der Waals surface area contributed by atoms with Gasteiger partial charge in [0.1, 0.15) is 40.7 Å². The number of halogens is 4. The number of pyridine rings is 1. The van der Waals surface area contributed by atoms with Crippen molar-refractivity contribution in [2.75, 3.05) is 24.1 Å². The van der Waals surface area contributed by atoms with Crippen LogP contribution in [-0.4, -0.2) is 55.6 Å². The molecule has 1 amide bonds. The number of nitrogens with two attached hydrogens (primary N) is 1. The molecule has 5 heterocycles. The number of rotatable bonds is 5. The summed E-state index contributed by atoms with van der Waals surface area (Å²) in [4.78, 5) is 31.9. The van der Waals surface area contributed by atoms with Crippen LogP contribution in [0.2, 0.25) is 0 Å². The van der Waals surface area contributed by atoms with Crippen LogP contribution in [0.1, 0.15) is 40.5 Å². The van der Waals surface area contributed by atoms with Gasteiger partial charge >= 0.3 is 6.18 Å². The molecular formula is C26H22F4N8O. The van der Waals surface area contributed by atoms with Gasteiger partial charge in [-0.15, -0.1) is 0 Å². The van der Waals surface area contributed by atoms with Gasteiger partial charge in [-0.2, -0.15) is 13.2 Å². The van der Waals surface area contributed by atoms with Crippen molar-refractivity contribution in [3.8, 4) is 11.3 Å². The van der Waals surface area contributed by atoms with Gasteiger partial charge in [0.05, 0.1) is 5.56 Å². The van der Waals surface area contributed by atoms with Crippen molar-refractivity contribution in [3.63, 3.8) is 0 Å². The maximum atomic E-state index is 15.5. The fraction of sp³-hybridized carbons (Fsp3) is 0.269. The molecule has 3 N–H and O–H groups in total. The second kappa shape index (κ2) is 9.42. The molecule has 0 aliphatic carbocycles. The highest BCUT2D eigenvalue weighted by atomic mass is 19.4. The van der Waals surface area contributed by atoms with Crippen molar-refractivity contribution < 1.29 is 22.4 Å². The van der Waals surface area contributed by atoms with Crippen LogP contribution in [-0.2, 0) is 6.18 Å². The molecule has 1 unspecified atom stereocenters. The molecule has 2 aliphatic heterocycles. The highest BCUT2D eigenvalue weighted by molar-refractivity contribution is 6.04. The van der Waals surface area contributed by atoms with Gasteiger partial charge in [-0.1, -0.05) is 0 Å². The van der Waals surface area contributed by atoms with Crippen LogP contribution in [0.5, 0.6) is 0 Å². The first-order valence-corrected chi connectivity index (χ1v) is 12.2. The van der Waals surface area contributed by atoms with Crippen LogP contribution in [0.3, 0.4) is 0 Å². The minimum absolute atomic E-state index is 0.0686. The minimum atomic E-state index is -4.60. The predicted octanol–water partition coefficient (Wildman–Crippen LogP) is 4.37. The lowest BCUT2D eigenvalue weighted by Crippen LogP contribution is -2.37. The van der Waals surface area contributed by atoms with Crippen molar-refractivity contribution in [2.45, 2.75) is 31.1 Å². The molecule has 0 radical (unpaired) electrons. The van der Waals surface area contributed by atoms with E-state index in [1.807, 2.05) is 10.6 Å². The number of benzene rings is 1. The molecule has 200 valence electrons. The third kappa shape index (κ3) is 4.80. The van der Waals surface area contributed by atoms with E-state index in [-0.39, 0.29) is 34.8 Å². The monoisotopic (exact) mass is 538 g/mol. The number of hydrogen-bond acceptors (Lipinski definition) is 7. The number of carbonyl (C=O) groups is 1. The number of amides is 1. The van der Waals surface area contributed by atoms with E-state index in [0.717, 1.165) is 50.1 Å². The number of imidazole rings is 1. The summed E-state index contributed by atoms with van der Waals surface area (Å²) in [6.45, 7) is 1.69. The zero-order valence-electron chi connectivity index (χ0n) is 20.4. The fourth-order valence-corrected chi connectivity index (χ4v) is 4.96. The molecule has 39 heavy (non-hydrogen) atoms. The average molecular weight is 539 g/mol. The second-order valence-electron chi connectivity index (χ2n) is 9.47. The maximum absolute atomic E-state index is 15.5. The van der Waals surface area contributed by atoms with Crippen LogP contribution < -0.4 is 11.1 Å². The Hall–Kier alpha value is -4.39. The Balaban J connectivity index is 1.31. The molecule has 0 bridgehead atoms. The first kappa shape index (κ1) is 24.9. The van der Waals surface area contributed by atoms with Crippen molar-refractivity contribution >= 4 is 29.3 Å². The van der Waals surface area contributed by atoms with E-state index in [0.29, 0.717) is 17.3 Å².